The number of aliphatic hydroxyl groups is 3. The van der Waals surface area contributed by atoms with E-state index < -0.39 is 24.5 Å². The van der Waals surface area contributed by atoms with Gasteiger partial charge >= 0.3 is 0 Å². The van der Waals surface area contributed by atoms with Crippen molar-refractivity contribution < 1.29 is 24.8 Å². The third-order valence-electron chi connectivity index (χ3n) is 4.78. The normalized spacial score (nSPS) is 23.8. The lowest BCUT2D eigenvalue weighted by atomic mass is 9.95. The molecule has 0 saturated carbocycles. The van der Waals surface area contributed by atoms with Crippen LogP contribution in [0.15, 0.2) is 24.3 Å². The molecule has 10 heteroatoms. The van der Waals surface area contributed by atoms with Crippen molar-refractivity contribution in [3.8, 4) is 29.0 Å². The van der Waals surface area contributed by atoms with E-state index in [9.17, 15) is 25.8 Å². The van der Waals surface area contributed by atoms with E-state index in [1.54, 1.807) is 24.3 Å². The molecule has 3 rings (SSSR count). The van der Waals surface area contributed by atoms with Crippen molar-refractivity contribution in [3.63, 3.8) is 0 Å². The van der Waals surface area contributed by atoms with Crippen molar-refractivity contribution in [2.24, 2.45) is 0 Å². The van der Waals surface area contributed by atoms with Crippen molar-refractivity contribution in [1.29, 1.82) is 10.5 Å². The van der Waals surface area contributed by atoms with Crippen LogP contribution in [0.2, 0.25) is 0 Å². The third-order valence-corrected chi connectivity index (χ3v) is 5.18. The van der Waals surface area contributed by atoms with Crippen LogP contribution in [0.5, 0.6) is 5.75 Å². The van der Waals surface area contributed by atoms with Crippen LogP contribution in [0.4, 0.5) is 5.82 Å². The number of nitriles is 2. The number of nitrogens with two attached hydrogens (primary N) is 1. The quantitative estimate of drug-likeness (QED) is 0.534. The summed E-state index contributed by atoms with van der Waals surface area (Å²) >= 11 is 5.42. The Hall–Kier alpha value is -2.99. The van der Waals surface area contributed by atoms with Crippen LogP contribution < -0.4 is 10.5 Å². The number of pyridine rings is 1. The van der Waals surface area contributed by atoms with Gasteiger partial charge in [-0.05, 0) is 17.7 Å². The summed E-state index contributed by atoms with van der Waals surface area (Å²) in [5.74, 6) is 0.463. The molecular formula is C19H18N4O5S. The molecule has 1 aromatic carbocycles. The predicted octanol–water partition coefficient (Wildman–Crippen LogP) is 0.830. The zero-order valence-corrected chi connectivity index (χ0v) is 16.1. The molecule has 0 amide bonds. The minimum absolute atomic E-state index is 0.00710. The summed E-state index contributed by atoms with van der Waals surface area (Å²) in [6, 6.07) is 10.7. The first kappa shape index (κ1) is 20.7. The fourth-order valence-electron chi connectivity index (χ4n) is 3.24. The monoisotopic (exact) mass is 414 g/mol. The Balaban J connectivity index is 2.26. The van der Waals surface area contributed by atoms with Gasteiger partial charge in [-0.25, -0.2) is 0 Å². The van der Waals surface area contributed by atoms with E-state index in [4.69, 9.17) is 27.4 Å². The Morgan fingerprint density at radius 1 is 1.14 bits per heavy atom. The highest BCUT2D eigenvalue weighted by Gasteiger charge is 2.40. The first-order valence-corrected chi connectivity index (χ1v) is 8.94. The van der Waals surface area contributed by atoms with Gasteiger partial charge < -0.3 is 30.5 Å². The molecule has 1 aliphatic heterocycles. The van der Waals surface area contributed by atoms with Crippen LogP contribution in [-0.2, 0) is 4.74 Å². The Morgan fingerprint density at radius 2 is 1.76 bits per heavy atom. The van der Waals surface area contributed by atoms with Gasteiger partial charge in [0.2, 0.25) is 0 Å². The van der Waals surface area contributed by atoms with Gasteiger partial charge in [-0.1, -0.05) is 24.4 Å². The van der Waals surface area contributed by atoms with Gasteiger partial charge in [0.25, 0.3) is 0 Å². The Bertz CT molecular complexity index is 1070. The highest BCUT2D eigenvalue weighted by atomic mass is 32.1. The number of aromatic nitrogens is 1. The lowest BCUT2D eigenvalue weighted by molar-refractivity contribution is -0.210. The standard InChI is InChI=1S/C19H18N4O5S/c1-27-10-4-2-9(3-5-10)14-11(6-20)17(22)23(19(29)12(14)7-21)18-16(26)15(25)13(24)8-28-18/h2-5,13,15-16,18,24-26H,8,22H2,1H3. The van der Waals surface area contributed by atoms with E-state index in [1.165, 1.54) is 7.11 Å². The molecule has 150 valence electrons. The van der Waals surface area contributed by atoms with E-state index in [-0.39, 0.29) is 33.8 Å². The largest absolute Gasteiger partial charge is 0.497 e. The number of ether oxygens (including phenoxy) is 2. The number of hydrogen-bond donors (Lipinski definition) is 4. The second-order valence-corrected chi connectivity index (χ2v) is 6.80. The summed E-state index contributed by atoms with van der Waals surface area (Å²) < 4.78 is 11.6. The smallest absolute Gasteiger partial charge is 0.165 e. The van der Waals surface area contributed by atoms with Crippen LogP contribution in [0.3, 0.4) is 0 Å². The minimum Gasteiger partial charge on any atom is -0.497 e. The highest BCUT2D eigenvalue weighted by Crippen LogP contribution is 2.36. The van der Waals surface area contributed by atoms with Crippen molar-refractivity contribution in [1.82, 2.24) is 4.57 Å². The van der Waals surface area contributed by atoms with Gasteiger partial charge in [0, 0.05) is 5.56 Å². The first-order valence-electron chi connectivity index (χ1n) is 8.54. The molecule has 0 spiro atoms. The Labute approximate surface area is 171 Å². The van der Waals surface area contributed by atoms with Crippen LogP contribution >= 0.6 is 12.2 Å². The van der Waals surface area contributed by atoms with Crippen molar-refractivity contribution >= 4 is 18.0 Å². The Kier molecular flexibility index (Phi) is 5.84. The molecule has 4 unspecified atom stereocenters. The number of benzene rings is 1. The molecule has 9 nitrogen and oxygen atoms in total. The van der Waals surface area contributed by atoms with Crippen molar-refractivity contribution in [3.05, 3.63) is 40.0 Å². The fraction of sp³-hybridized carbons (Fsp3) is 0.316. The topological polar surface area (TPSA) is 158 Å². The number of rotatable bonds is 3. The molecule has 29 heavy (non-hydrogen) atoms. The van der Waals surface area contributed by atoms with Crippen LogP contribution in [0.1, 0.15) is 17.4 Å². The zero-order chi connectivity index (χ0) is 21.3. The first-order chi connectivity index (χ1) is 13.8. The number of aliphatic hydroxyl groups excluding tert-OH is 3. The zero-order valence-electron chi connectivity index (χ0n) is 15.3. The van der Waals surface area contributed by atoms with Gasteiger partial charge in [0.1, 0.15) is 52.2 Å². The molecule has 1 saturated heterocycles. The molecule has 2 heterocycles. The van der Waals surface area contributed by atoms with E-state index in [1.807, 2.05) is 12.1 Å². The second kappa shape index (κ2) is 8.17. The molecule has 1 aromatic heterocycles. The summed E-state index contributed by atoms with van der Waals surface area (Å²) in [4.78, 5) is 0. The third kappa shape index (κ3) is 3.44. The van der Waals surface area contributed by atoms with Gasteiger partial charge in [0.05, 0.1) is 19.3 Å². The summed E-state index contributed by atoms with van der Waals surface area (Å²) in [5, 5.41) is 49.5. The van der Waals surface area contributed by atoms with Gasteiger partial charge in [-0.2, -0.15) is 10.5 Å². The number of hydrogen-bond acceptors (Lipinski definition) is 9. The molecule has 0 aliphatic carbocycles. The van der Waals surface area contributed by atoms with Crippen molar-refractivity contribution in [2.45, 2.75) is 24.5 Å². The van der Waals surface area contributed by atoms with Crippen LogP contribution in [-0.4, -0.2) is 51.9 Å². The Morgan fingerprint density at radius 3 is 2.31 bits per heavy atom. The molecule has 0 radical (unpaired) electrons. The average Bonchev–Trinajstić information content (AvgIpc) is 2.73. The minimum atomic E-state index is -1.57. The average molecular weight is 414 g/mol. The van der Waals surface area contributed by atoms with Crippen LogP contribution in [0.25, 0.3) is 11.1 Å². The number of nitrogens with zero attached hydrogens (tertiary/aromatic N) is 3. The molecule has 1 aliphatic rings. The summed E-state index contributed by atoms with van der Waals surface area (Å²) in [6.45, 7) is -0.284. The molecule has 4 atom stereocenters. The molecule has 0 bridgehead atoms. The van der Waals surface area contributed by atoms with Crippen LogP contribution in [0, 0.1) is 27.3 Å². The van der Waals surface area contributed by atoms with Gasteiger partial charge in [-0.3, -0.25) is 4.57 Å². The number of anilines is 1. The molecule has 5 N–H and O–H groups in total. The molecular weight excluding hydrogens is 396 g/mol. The SMILES string of the molecule is COc1ccc(-c2c(C#N)c(N)n(C3OCC(O)C(O)C3O)c(=S)c2C#N)cc1. The maximum absolute atomic E-state index is 10.3. The lowest BCUT2D eigenvalue weighted by Gasteiger charge is -2.37. The predicted molar refractivity (Wildman–Crippen MR) is 104 cm³/mol. The van der Waals surface area contributed by atoms with E-state index in [0.717, 1.165) is 4.57 Å². The molecule has 2 aromatic rings. The van der Waals surface area contributed by atoms with E-state index in [0.29, 0.717) is 11.3 Å². The van der Waals surface area contributed by atoms with Gasteiger partial charge in [-0.15, -0.1) is 0 Å². The maximum atomic E-state index is 10.3. The van der Waals surface area contributed by atoms with E-state index >= 15 is 0 Å². The van der Waals surface area contributed by atoms with Gasteiger partial charge in [0.15, 0.2) is 6.23 Å². The summed E-state index contributed by atoms with van der Waals surface area (Å²) in [5.41, 5.74) is 6.94. The highest BCUT2D eigenvalue weighted by molar-refractivity contribution is 7.71. The summed E-state index contributed by atoms with van der Waals surface area (Å²) in [7, 11) is 1.52. The van der Waals surface area contributed by atoms with E-state index in [2.05, 4.69) is 0 Å². The summed E-state index contributed by atoms with van der Waals surface area (Å²) in [6.07, 6.45) is -5.64. The lowest BCUT2D eigenvalue weighted by Crippen LogP contribution is -2.51. The number of nitrogen functional groups attached to an aromatic ring is 1. The second-order valence-electron chi connectivity index (χ2n) is 6.41. The number of methoxy groups -OCH3 is 1. The maximum Gasteiger partial charge on any atom is 0.165 e. The molecule has 1 fully saturated rings. The van der Waals surface area contributed by atoms with Crippen molar-refractivity contribution in [2.75, 3.05) is 19.5 Å². The fourth-order valence-corrected chi connectivity index (χ4v) is 3.59.